The molecule has 1 aromatic rings. The van der Waals surface area contributed by atoms with E-state index in [1.54, 1.807) is 11.8 Å². The van der Waals surface area contributed by atoms with Gasteiger partial charge in [-0.25, -0.2) is 4.79 Å². The average molecular weight is 547 g/mol. The number of nitrogens with one attached hydrogen (secondary N) is 1. The van der Waals surface area contributed by atoms with Gasteiger partial charge >= 0.3 is 5.97 Å². The third-order valence-corrected chi connectivity index (χ3v) is 8.74. The van der Waals surface area contributed by atoms with Crippen molar-refractivity contribution in [1.82, 2.24) is 10.2 Å². The molecule has 1 aliphatic carbocycles. The molecule has 1 saturated heterocycles. The largest absolute Gasteiger partial charge is 0.467 e. The fourth-order valence-corrected chi connectivity index (χ4v) is 6.65. The second kappa shape index (κ2) is 16.1. The van der Waals surface area contributed by atoms with Crippen LogP contribution in [0.1, 0.15) is 77.2 Å². The zero-order chi connectivity index (χ0) is 27.3. The summed E-state index contributed by atoms with van der Waals surface area (Å²) in [5.41, 5.74) is 0.994. The maximum atomic E-state index is 13.2. The maximum Gasteiger partial charge on any atom is 0.329 e. The van der Waals surface area contributed by atoms with Crippen molar-refractivity contribution in [1.29, 1.82) is 0 Å². The number of nitrogens with zero attached hydrogens (tertiary/aromatic N) is 1. The van der Waals surface area contributed by atoms with Gasteiger partial charge < -0.3 is 19.7 Å². The summed E-state index contributed by atoms with van der Waals surface area (Å²) in [5, 5.41) is 2.88. The number of thioether (sulfide) groups is 1. The fourth-order valence-electron chi connectivity index (χ4n) is 5.44. The molecule has 0 spiro atoms. The molecule has 0 bridgehead atoms. The summed E-state index contributed by atoms with van der Waals surface area (Å²) in [7, 11) is 1.34. The smallest absolute Gasteiger partial charge is 0.329 e. The van der Waals surface area contributed by atoms with E-state index < -0.39 is 18.1 Å². The van der Waals surface area contributed by atoms with Crippen LogP contribution < -0.4 is 5.32 Å². The number of carbonyl (C=O) groups is 3. The number of likely N-dealkylation sites (tertiary alicyclic amines) is 1. The van der Waals surface area contributed by atoms with Crippen LogP contribution in [0.5, 0.6) is 0 Å². The van der Waals surface area contributed by atoms with E-state index in [2.05, 4.69) is 10.2 Å². The van der Waals surface area contributed by atoms with Gasteiger partial charge in [0.05, 0.1) is 13.7 Å². The number of hydrogen-bond donors (Lipinski definition) is 1. The normalized spacial score (nSPS) is 19.8. The molecule has 0 unspecified atom stereocenters. The van der Waals surface area contributed by atoms with Crippen LogP contribution in [0.25, 0.3) is 0 Å². The minimum absolute atomic E-state index is 0.188. The van der Waals surface area contributed by atoms with Crippen molar-refractivity contribution in [3.05, 3.63) is 35.9 Å². The maximum absolute atomic E-state index is 13.2. The summed E-state index contributed by atoms with van der Waals surface area (Å²) in [6.07, 6.45) is 8.70. The molecule has 3 atom stereocenters. The summed E-state index contributed by atoms with van der Waals surface area (Å²) in [6, 6.07) is 9.17. The van der Waals surface area contributed by atoms with Crippen molar-refractivity contribution in [2.24, 2.45) is 11.8 Å². The minimum atomic E-state index is -0.764. The van der Waals surface area contributed by atoms with Crippen molar-refractivity contribution >= 4 is 29.5 Å². The van der Waals surface area contributed by atoms with Gasteiger partial charge in [-0.15, -0.1) is 0 Å². The molecule has 1 aliphatic heterocycles. The lowest BCUT2D eigenvalue weighted by Gasteiger charge is -2.28. The highest BCUT2D eigenvalue weighted by atomic mass is 32.2. The van der Waals surface area contributed by atoms with Gasteiger partial charge in [-0.05, 0) is 49.5 Å². The predicted octanol–water partition coefficient (Wildman–Crippen LogP) is 4.97. The van der Waals surface area contributed by atoms with Crippen LogP contribution in [0.3, 0.4) is 0 Å². The molecule has 1 N–H and O–H groups in total. The quantitative estimate of drug-likeness (QED) is 0.332. The monoisotopic (exact) mass is 546 g/mol. The van der Waals surface area contributed by atoms with Crippen LogP contribution >= 0.6 is 11.8 Å². The van der Waals surface area contributed by atoms with E-state index in [1.165, 1.54) is 39.2 Å². The van der Waals surface area contributed by atoms with Gasteiger partial charge in [-0.3, -0.25) is 9.59 Å². The molecule has 7 nitrogen and oxygen atoms in total. The molecular formula is C30H46N2O5S. The molecule has 2 amide bonds. The van der Waals surface area contributed by atoms with Crippen molar-refractivity contribution in [2.75, 3.05) is 25.2 Å². The molecule has 1 aromatic carbocycles. The molecule has 212 valence electrons. The molecule has 2 aliphatic rings. The summed E-state index contributed by atoms with van der Waals surface area (Å²) in [4.78, 5) is 40.8. The van der Waals surface area contributed by atoms with E-state index in [1.807, 2.05) is 44.2 Å². The lowest BCUT2D eigenvalue weighted by atomic mass is 9.86. The first-order valence-corrected chi connectivity index (χ1v) is 15.4. The van der Waals surface area contributed by atoms with E-state index in [0.29, 0.717) is 31.1 Å². The Morgan fingerprint density at radius 3 is 2.47 bits per heavy atom. The van der Waals surface area contributed by atoms with Gasteiger partial charge in [0.1, 0.15) is 12.1 Å². The Morgan fingerprint density at radius 2 is 1.79 bits per heavy atom. The first kappa shape index (κ1) is 30.5. The number of carbonyl (C=O) groups excluding carboxylic acids is 3. The zero-order valence-corrected chi connectivity index (χ0v) is 24.2. The predicted molar refractivity (Wildman–Crippen MR) is 152 cm³/mol. The molecule has 2 fully saturated rings. The Morgan fingerprint density at radius 1 is 1.05 bits per heavy atom. The highest BCUT2D eigenvalue weighted by Crippen LogP contribution is 2.29. The highest BCUT2D eigenvalue weighted by molar-refractivity contribution is 7.99. The van der Waals surface area contributed by atoms with Crippen LogP contribution in [0.4, 0.5) is 0 Å². The van der Waals surface area contributed by atoms with Crippen LogP contribution in [0, 0.1) is 11.8 Å². The first-order chi connectivity index (χ1) is 18.4. The van der Waals surface area contributed by atoms with E-state index in [-0.39, 0.29) is 23.8 Å². The van der Waals surface area contributed by atoms with Gasteiger partial charge in [0.15, 0.2) is 0 Å². The summed E-state index contributed by atoms with van der Waals surface area (Å²) in [5.74, 6) is 1.46. The molecule has 1 saturated carbocycles. The topological polar surface area (TPSA) is 84.9 Å². The lowest BCUT2D eigenvalue weighted by Crippen LogP contribution is -2.48. The SMILES string of the molecule is COC(=O)[C@@H](CSC[C@@H]1CCCN1C(=O)CC1CCCCC1)NC(=O)[C@H](CC(C)C)OCc1ccccc1. The second-order valence-corrected chi connectivity index (χ2v) is 12.2. The summed E-state index contributed by atoms with van der Waals surface area (Å²) in [6.45, 7) is 5.24. The molecule has 3 rings (SSSR count). The zero-order valence-electron chi connectivity index (χ0n) is 23.4. The Labute approximate surface area is 232 Å². The third kappa shape index (κ3) is 9.92. The van der Waals surface area contributed by atoms with Crippen LogP contribution in [-0.2, 0) is 30.5 Å². The number of esters is 1. The Balaban J connectivity index is 1.51. The molecule has 0 radical (unpaired) electrons. The van der Waals surface area contributed by atoms with Crippen molar-refractivity contribution in [2.45, 2.75) is 96.4 Å². The van der Waals surface area contributed by atoms with Gasteiger partial charge in [0, 0.05) is 30.5 Å². The van der Waals surface area contributed by atoms with Crippen molar-refractivity contribution < 1.29 is 23.9 Å². The third-order valence-electron chi connectivity index (χ3n) is 7.55. The fraction of sp³-hybridized carbons (Fsp3) is 0.700. The number of rotatable bonds is 14. The number of benzene rings is 1. The molecule has 8 heteroatoms. The minimum Gasteiger partial charge on any atom is -0.467 e. The van der Waals surface area contributed by atoms with E-state index >= 15 is 0 Å². The van der Waals surface area contributed by atoms with Crippen LogP contribution in [-0.4, -0.2) is 66.0 Å². The van der Waals surface area contributed by atoms with E-state index in [0.717, 1.165) is 30.7 Å². The van der Waals surface area contributed by atoms with E-state index in [9.17, 15) is 14.4 Å². The van der Waals surface area contributed by atoms with Crippen molar-refractivity contribution in [3.8, 4) is 0 Å². The Bertz CT molecular complexity index is 875. The van der Waals surface area contributed by atoms with Gasteiger partial charge in [-0.1, -0.05) is 63.4 Å². The van der Waals surface area contributed by atoms with Gasteiger partial charge in [0.25, 0.3) is 0 Å². The average Bonchev–Trinajstić information content (AvgIpc) is 3.39. The van der Waals surface area contributed by atoms with Crippen LogP contribution in [0.15, 0.2) is 30.3 Å². The molecule has 1 heterocycles. The number of hydrogen-bond acceptors (Lipinski definition) is 6. The van der Waals surface area contributed by atoms with E-state index in [4.69, 9.17) is 9.47 Å². The number of ether oxygens (including phenoxy) is 2. The summed E-state index contributed by atoms with van der Waals surface area (Å²) >= 11 is 1.60. The Kier molecular flexibility index (Phi) is 12.9. The van der Waals surface area contributed by atoms with Gasteiger partial charge in [0.2, 0.25) is 11.8 Å². The highest BCUT2D eigenvalue weighted by Gasteiger charge is 2.32. The van der Waals surface area contributed by atoms with Crippen molar-refractivity contribution in [3.63, 3.8) is 0 Å². The van der Waals surface area contributed by atoms with Gasteiger partial charge in [-0.2, -0.15) is 11.8 Å². The number of methoxy groups -OCH3 is 1. The summed E-state index contributed by atoms with van der Waals surface area (Å²) < 4.78 is 11.0. The molecular weight excluding hydrogens is 500 g/mol. The second-order valence-electron chi connectivity index (χ2n) is 11.1. The number of amides is 2. The van der Waals surface area contributed by atoms with Crippen LogP contribution in [0.2, 0.25) is 0 Å². The first-order valence-electron chi connectivity index (χ1n) is 14.3. The Hall–Kier alpha value is -2.06. The molecule has 0 aromatic heterocycles. The standard InChI is InChI=1S/C30H46N2O5S/c1-22(2)17-27(37-19-24-13-8-5-9-14-24)29(34)31-26(30(35)36-3)21-38-20-25-15-10-16-32(25)28(33)18-23-11-6-4-7-12-23/h5,8-9,13-14,22-23,25-27H,4,6-7,10-12,15-21H2,1-3H3,(H,31,34)/t25-,26+,27-/m0/s1. The lowest BCUT2D eigenvalue weighted by molar-refractivity contribution is -0.146. The molecule has 38 heavy (non-hydrogen) atoms.